The van der Waals surface area contributed by atoms with Crippen LogP contribution in [0, 0.1) is 0 Å². The van der Waals surface area contributed by atoms with Crippen LogP contribution >= 0.6 is 0 Å². The van der Waals surface area contributed by atoms with E-state index in [2.05, 4.69) is 81.5 Å². The number of nitrogens with two attached hydrogens (primary N) is 1. The molecule has 3 aromatic rings. The second-order valence-electron chi connectivity index (χ2n) is 9.20. The molecule has 6 nitrogen and oxygen atoms in total. The van der Waals surface area contributed by atoms with Crippen LogP contribution in [0.1, 0.15) is 62.1 Å². The Hall–Kier alpha value is -2.19. The highest BCUT2D eigenvalue weighted by atomic mass is 32.2. The van der Waals surface area contributed by atoms with Gasteiger partial charge in [-0.1, -0.05) is 67.8 Å². The molecule has 2 heterocycles. The van der Waals surface area contributed by atoms with Crippen LogP contribution in [0.4, 0.5) is 0 Å². The fourth-order valence-corrected chi connectivity index (χ4v) is 5.68. The Morgan fingerprint density at radius 2 is 1.64 bits per heavy atom. The van der Waals surface area contributed by atoms with E-state index in [1.807, 2.05) is 0 Å². The van der Waals surface area contributed by atoms with Gasteiger partial charge in [0.1, 0.15) is 0 Å². The monoisotopic (exact) mass is 469 g/mol. The highest BCUT2D eigenvalue weighted by Crippen LogP contribution is 2.36. The molecule has 2 fully saturated rings. The van der Waals surface area contributed by atoms with Crippen molar-refractivity contribution in [3.8, 4) is 0 Å². The molecule has 33 heavy (non-hydrogen) atoms. The van der Waals surface area contributed by atoms with Gasteiger partial charge in [-0.25, -0.2) is 5.14 Å². The van der Waals surface area contributed by atoms with Crippen molar-refractivity contribution < 1.29 is 12.6 Å². The number of benzene rings is 2. The Morgan fingerprint density at radius 1 is 0.939 bits per heavy atom. The zero-order valence-corrected chi connectivity index (χ0v) is 20.2. The van der Waals surface area contributed by atoms with Crippen molar-refractivity contribution in [3.05, 3.63) is 71.9 Å². The molecule has 0 spiro atoms. The minimum absolute atomic E-state index is 0.168. The molecule has 2 N–H and O–H groups in total. The third-order valence-corrected chi connectivity index (χ3v) is 7.26. The zero-order valence-electron chi connectivity index (χ0n) is 19.4. The maximum Gasteiger partial charge on any atom is 0.333 e. The average molecular weight is 470 g/mol. The molecule has 5 rings (SSSR count). The molecule has 1 atom stereocenters. The van der Waals surface area contributed by atoms with E-state index in [1.54, 1.807) is 0 Å². The van der Waals surface area contributed by atoms with E-state index < -0.39 is 10.3 Å². The lowest BCUT2D eigenvalue weighted by molar-refractivity contribution is 0.162. The Labute approximate surface area is 197 Å². The number of hydrogen-bond donors (Lipinski definition) is 1. The van der Waals surface area contributed by atoms with Crippen molar-refractivity contribution in [2.75, 3.05) is 13.6 Å². The lowest BCUT2D eigenvalue weighted by Gasteiger charge is -2.19. The first-order valence-electron chi connectivity index (χ1n) is 11.9. The second-order valence-corrected chi connectivity index (χ2v) is 10.4. The standard InChI is InChI=1S/C20H22N2.C6H13NO3S/c1-21-13-7-12-19(21)18-15-22(14-16-8-3-2-4-9-16)20-11-6-5-10-17(18)20;7-11(8,9)10-6-4-2-1-3-5-6/h2-6,8-11,15,19H,7,12-14H2,1H3;6H,1-5H2,(H2,7,8,9). The lowest BCUT2D eigenvalue weighted by Crippen LogP contribution is -2.25. The fourth-order valence-electron chi connectivity index (χ4n) is 5.11. The third-order valence-electron chi connectivity index (χ3n) is 6.72. The summed E-state index contributed by atoms with van der Waals surface area (Å²) in [6.45, 7) is 2.15. The third kappa shape index (κ3) is 6.44. The number of fused-ring (bicyclic) bond motifs is 1. The molecule has 2 aliphatic rings. The first kappa shape index (κ1) is 24.0. The quantitative estimate of drug-likeness (QED) is 0.571. The van der Waals surface area contributed by atoms with Gasteiger partial charge >= 0.3 is 10.3 Å². The second kappa shape index (κ2) is 10.8. The van der Waals surface area contributed by atoms with E-state index >= 15 is 0 Å². The first-order valence-corrected chi connectivity index (χ1v) is 13.4. The van der Waals surface area contributed by atoms with Gasteiger partial charge in [0, 0.05) is 29.7 Å². The number of likely N-dealkylation sites (tertiary alicyclic amines) is 1. The van der Waals surface area contributed by atoms with E-state index in [0.717, 1.165) is 32.2 Å². The minimum Gasteiger partial charge on any atom is -0.343 e. The van der Waals surface area contributed by atoms with E-state index in [4.69, 9.17) is 5.14 Å². The van der Waals surface area contributed by atoms with Crippen LogP contribution in [0.15, 0.2) is 60.8 Å². The van der Waals surface area contributed by atoms with Crippen LogP contribution in [0.2, 0.25) is 0 Å². The summed E-state index contributed by atoms with van der Waals surface area (Å²) in [6.07, 6.45) is 9.68. The number of para-hydroxylation sites is 1. The summed E-state index contributed by atoms with van der Waals surface area (Å²) in [7, 11) is -1.47. The van der Waals surface area contributed by atoms with Gasteiger partial charge < -0.3 is 4.57 Å². The van der Waals surface area contributed by atoms with E-state index in [1.165, 1.54) is 47.8 Å². The maximum atomic E-state index is 10.5. The Morgan fingerprint density at radius 3 is 2.30 bits per heavy atom. The smallest absolute Gasteiger partial charge is 0.333 e. The number of nitrogens with zero attached hydrogens (tertiary/aromatic N) is 2. The fraction of sp³-hybridized carbons (Fsp3) is 0.462. The maximum absolute atomic E-state index is 10.5. The molecule has 1 saturated heterocycles. The van der Waals surface area contributed by atoms with E-state index in [9.17, 15) is 8.42 Å². The summed E-state index contributed by atoms with van der Waals surface area (Å²) < 4.78 is 27.9. The molecule has 0 radical (unpaired) electrons. The van der Waals surface area contributed by atoms with Crippen molar-refractivity contribution >= 4 is 21.2 Å². The normalized spacial score (nSPS) is 20.0. The molecule has 0 amide bonds. The van der Waals surface area contributed by atoms with Gasteiger partial charge in [-0.15, -0.1) is 0 Å². The van der Waals surface area contributed by atoms with Crippen molar-refractivity contribution in [1.82, 2.24) is 9.47 Å². The highest BCUT2D eigenvalue weighted by molar-refractivity contribution is 7.84. The molecule has 1 saturated carbocycles. The van der Waals surface area contributed by atoms with Gasteiger partial charge in [0.05, 0.1) is 6.10 Å². The highest BCUT2D eigenvalue weighted by Gasteiger charge is 2.25. The molecule has 1 aliphatic carbocycles. The molecular formula is C26H35N3O3S. The summed E-state index contributed by atoms with van der Waals surface area (Å²) in [5.41, 5.74) is 4.20. The van der Waals surface area contributed by atoms with Crippen molar-refractivity contribution in [3.63, 3.8) is 0 Å². The molecule has 7 heteroatoms. The first-order chi connectivity index (χ1) is 15.9. The van der Waals surface area contributed by atoms with Crippen LogP contribution in [-0.2, 0) is 21.0 Å². The van der Waals surface area contributed by atoms with Crippen LogP contribution in [0.5, 0.6) is 0 Å². The summed E-state index contributed by atoms with van der Waals surface area (Å²) in [5, 5.41) is 6.13. The van der Waals surface area contributed by atoms with E-state index in [0.29, 0.717) is 6.04 Å². The van der Waals surface area contributed by atoms with Crippen molar-refractivity contribution in [1.29, 1.82) is 0 Å². The van der Waals surface area contributed by atoms with Gasteiger partial charge in [0.2, 0.25) is 0 Å². The summed E-state index contributed by atoms with van der Waals surface area (Å²) >= 11 is 0. The summed E-state index contributed by atoms with van der Waals surface area (Å²) in [5.74, 6) is 0. The summed E-state index contributed by atoms with van der Waals surface area (Å²) in [4.78, 5) is 2.49. The van der Waals surface area contributed by atoms with Crippen molar-refractivity contribution in [2.24, 2.45) is 5.14 Å². The van der Waals surface area contributed by atoms with Gasteiger partial charge in [-0.2, -0.15) is 8.42 Å². The summed E-state index contributed by atoms with van der Waals surface area (Å²) in [6, 6.07) is 20.1. The van der Waals surface area contributed by atoms with Gasteiger partial charge in [-0.05, 0) is 56.5 Å². The van der Waals surface area contributed by atoms with Crippen LogP contribution < -0.4 is 5.14 Å². The predicted octanol–water partition coefficient (Wildman–Crippen LogP) is 5.00. The van der Waals surface area contributed by atoms with Gasteiger partial charge in [-0.3, -0.25) is 9.08 Å². The number of aromatic nitrogens is 1. The molecule has 0 bridgehead atoms. The lowest BCUT2D eigenvalue weighted by atomic mass is 9.98. The van der Waals surface area contributed by atoms with Crippen LogP contribution in [-0.4, -0.2) is 37.6 Å². The Kier molecular flexibility index (Phi) is 7.86. The van der Waals surface area contributed by atoms with Crippen LogP contribution in [0.25, 0.3) is 10.9 Å². The zero-order chi connectivity index (χ0) is 23.3. The topological polar surface area (TPSA) is 77.6 Å². The van der Waals surface area contributed by atoms with Crippen molar-refractivity contribution in [2.45, 2.75) is 63.6 Å². The molecule has 1 unspecified atom stereocenters. The molecular weight excluding hydrogens is 434 g/mol. The average Bonchev–Trinajstić information content (AvgIpc) is 3.38. The molecule has 1 aliphatic heterocycles. The van der Waals surface area contributed by atoms with Gasteiger partial charge in [0.25, 0.3) is 0 Å². The Bertz CT molecular complexity index is 1140. The van der Waals surface area contributed by atoms with Crippen LogP contribution in [0.3, 0.4) is 0 Å². The largest absolute Gasteiger partial charge is 0.343 e. The number of hydrogen-bond acceptors (Lipinski definition) is 4. The predicted molar refractivity (Wildman–Crippen MR) is 133 cm³/mol. The SMILES string of the molecule is CN1CCCC1c1cn(Cc2ccccc2)c2ccccc12.NS(=O)(=O)OC1CCCCC1. The molecule has 1 aromatic heterocycles. The number of rotatable bonds is 5. The Balaban J connectivity index is 0.000000200. The van der Waals surface area contributed by atoms with Gasteiger partial charge in [0.15, 0.2) is 0 Å². The molecule has 2 aromatic carbocycles. The molecule has 178 valence electrons. The minimum atomic E-state index is -3.72. The van der Waals surface area contributed by atoms with E-state index in [-0.39, 0.29) is 6.10 Å².